The number of nitrogens with zero attached hydrogens (tertiary/aromatic N) is 1. The molecule has 2 aromatic heterocycles. The number of aromatic nitrogens is 1. The zero-order valence-electron chi connectivity index (χ0n) is 11.8. The number of nitrogens with one attached hydrogen (secondary N) is 1. The Morgan fingerprint density at radius 3 is 2.55 bits per heavy atom. The van der Waals surface area contributed by atoms with Gasteiger partial charge in [-0.15, -0.1) is 11.3 Å². The molecule has 22 heavy (non-hydrogen) atoms. The number of thiophene rings is 1. The van der Waals surface area contributed by atoms with Crippen molar-refractivity contribution in [3.63, 3.8) is 0 Å². The molecule has 3 aromatic rings. The standard InChI is InChI=1S/C17H15N3OS/c18-16(21)14-10-15(13-4-2-1-3-5-13)22-17(14)20-11-12-6-8-19-9-7-12/h1-10,20H,11H2,(H2,18,21). The molecule has 0 bridgehead atoms. The van der Waals surface area contributed by atoms with Crippen LogP contribution in [-0.4, -0.2) is 10.9 Å². The van der Waals surface area contributed by atoms with E-state index < -0.39 is 5.91 Å². The van der Waals surface area contributed by atoms with Gasteiger partial charge in [0.15, 0.2) is 0 Å². The van der Waals surface area contributed by atoms with Crippen LogP contribution in [0, 0.1) is 0 Å². The van der Waals surface area contributed by atoms with Crippen molar-refractivity contribution in [2.75, 3.05) is 5.32 Å². The van der Waals surface area contributed by atoms with E-state index in [1.807, 2.05) is 48.5 Å². The Morgan fingerprint density at radius 1 is 1.14 bits per heavy atom. The van der Waals surface area contributed by atoms with Gasteiger partial charge in [0, 0.05) is 23.8 Å². The number of carbonyl (C=O) groups excluding carboxylic acids is 1. The van der Waals surface area contributed by atoms with Gasteiger partial charge in [-0.05, 0) is 29.3 Å². The maximum atomic E-state index is 11.7. The lowest BCUT2D eigenvalue weighted by molar-refractivity contribution is 0.100. The highest BCUT2D eigenvalue weighted by Gasteiger charge is 2.14. The van der Waals surface area contributed by atoms with Crippen LogP contribution in [0.25, 0.3) is 10.4 Å². The summed E-state index contributed by atoms with van der Waals surface area (Å²) in [5.41, 5.74) is 8.19. The van der Waals surface area contributed by atoms with Crippen LogP contribution in [0.3, 0.4) is 0 Å². The van der Waals surface area contributed by atoms with Crippen molar-refractivity contribution in [3.05, 3.63) is 72.1 Å². The lowest BCUT2D eigenvalue weighted by Crippen LogP contribution is -2.12. The maximum Gasteiger partial charge on any atom is 0.251 e. The lowest BCUT2D eigenvalue weighted by Gasteiger charge is -2.05. The number of amides is 1. The molecule has 1 aromatic carbocycles. The fraction of sp³-hybridized carbons (Fsp3) is 0.0588. The second kappa shape index (κ2) is 6.41. The van der Waals surface area contributed by atoms with Crippen LogP contribution in [0.5, 0.6) is 0 Å². The molecule has 110 valence electrons. The van der Waals surface area contributed by atoms with Crippen LogP contribution in [0.1, 0.15) is 15.9 Å². The van der Waals surface area contributed by atoms with E-state index >= 15 is 0 Å². The van der Waals surface area contributed by atoms with Crippen LogP contribution in [0.4, 0.5) is 5.00 Å². The second-order valence-corrected chi connectivity index (χ2v) is 5.84. The number of nitrogens with two attached hydrogens (primary N) is 1. The van der Waals surface area contributed by atoms with Crippen molar-refractivity contribution < 1.29 is 4.79 Å². The summed E-state index contributed by atoms with van der Waals surface area (Å²) in [6.45, 7) is 0.623. The van der Waals surface area contributed by atoms with Gasteiger partial charge in [0.25, 0.3) is 5.91 Å². The fourth-order valence-corrected chi connectivity index (χ4v) is 3.20. The molecule has 0 saturated carbocycles. The van der Waals surface area contributed by atoms with E-state index in [9.17, 15) is 4.79 Å². The monoisotopic (exact) mass is 309 g/mol. The van der Waals surface area contributed by atoms with Crippen molar-refractivity contribution >= 4 is 22.2 Å². The second-order valence-electron chi connectivity index (χ2n) is 4.79. The van der Waals surface area contributed by atoms with Crippen LogP contribution in [0.15, 0.2) is 60.9 Å². The number of benzene rings is 1. The van der Waals surface area contributed by atoms with Gasteiger partial charge in [-0.25, -0.2) is 0 Å². The highest BCUT2D eigenvalue weighted by molar-refractivity contribution is 7.19. The largest absolute Gasteiger partial charge is 0.372 e. The molecule has 0 unspecified atom stereocenters. The van der Waals surface area contributed by atoms with Crippen molar-refractivity contribution in [2.24, 2.45) is 5.73 Å². The van der Waals surface area contributed by atoms with Crippen molar-refractivity contribution in [3.8, 4) is 10.4 Å². The molecule has 0 aliphatic heterocycles. The summed E-state index contributed by atoms with van der Waals surface area (Å²) in [4.78, 5) is 16.7. The van der Waals surface area contributed by atoms with Crippen LogP contribution in [0.2, 0.25) is 0 Å². The normalized spacial score (nSPS) is 10.4. The average Bonchev–Trinajstić information content (AvgIpc) is 2.99. The number of pyridine rings is 1. The Morgan fingerprint density at radius 2 is 1.86 bits per heavy atom. The minimum absolute atomic E-state index is 0.421. The zero-order chi connectivity index (χ0) is 15.4. The summed E-state index contributed by atoms with van der Waals surface area (Å²) in [6, 6.07) is 15.7. The Kier molecular flexibility index (Phi) is 4.16. The summed E-state index contributed by atoms with van der Waals surface area (Å²) < 4.78 is 0. The minimum Gasteiger partial charge on any atom is -0.372 e. The van der Waals surface area contributed by atoms with Gasteiger partial charge in [0.05, 0.1) is 5.56 Å². The number of carbonyl (C=O) groups is 1. The molecule has 0 fully saturated rings. The zero-order valence-corrected chi connectivity index (χ0v) is 12.6. The number of hydrogen-bond acceptors (Lipinski definition) is 4. The number of anilines is 1. The van der Waals surface area contributed by atoms with Gasteiger partial charge >= 0.3 is 0 Å². The first-order chi connectivity index (χ1) is 10.7. The summed E-state index contributed by atoms with van der Waals surface area (Å²) in [5, 5.41) is 4.09. The average molecular weight is 309 g/mol. The van der Waals surface area contributed by atoms with Crippen LogP contribution in [-0.2, 0) is 6.54 Å². The smallest absolute Gasteiger partial charge is 0.251 e. The van der Waals surface area contributed by atoms with Crippen LogP contribution >= 0.6 is 11.3 Å². The molecule has 5 heteroatoms. The SMILES string of the molecule is NC(=O)c1cc(-c2ccccc2)sc1NCc1ccncc1. The highest BCUT2D eigenvalue weighted by atomic mass is 32.1. The quantitative estimate of drug-likeness (QED) is 0.757. The Balaban J connectivity index is 1.86. The predicted molar refractivity (Wildman–Crippen MR) is 89.8 cm³/mol. The molecule has 0 aliphatic carbocycles. The first kappa shape index (κ1) is 14.3. The minimum atomic E-state index is -0.421. The van der Waals surface area contributed by atoms with E-state index in [0.717, 1.165) is 21.0 Å². The van der Waals surface area contributed by atoms with Gasteiger partial charge in [-0.3, -0.25) is 9.78 Å². The molecule has 3 N–H and O–H groups in total. The number of hydrogen-bond donors (Lipinski definition) is 2. The van der Waals surface area contributed by atoms with E-state index in [2.05, 4.69) is 10.3 Å². The number of primary amides is 1. The van der Waals surface area contributed by atoms with Gasteiger partial charge in [-0.2, -0.15) is 0 Å². The summed E-state index contributed by atoms with van der Waals surface area (Å²) in [7, 11) is 0. The van der Waals surface area contributed by atoms with E-state index in [4.69, 9.17) is 5.73 Å². The molecular weight excluding hydrogens is 294 g/mol. The highest BCUT2D eigenvalue weighted by Crippen LogP contribution is 2.35. The van der Waals surface area contributed by atoms with E-state index in [0.29, 0.717) is 12.1 Å². The molecule has 0 radical (unpaired) electrons. The third-order valence-electron chi connectivity index (χ3n) is 3.26. The van der Waals surface area contributed by atoms with Crippen molar-refractivity contribution in [1.29, 1.82) is 0 Å². The van der Waals surface area contributed by atoms with Crippen LogP contribution < -0.4 is 11.1 Å². The summed E-state index contributed by atoms with van der Waals surface area (Å²) in [6.07, 6.45) is 3.49. The van der Waals surface area contributed by atoms with E-state index in [1.165, 1.54) is 11.3 Å². The molecular formula is C17H15N3OS. The maximum absolute atomic E-state index is 11.7. The molecule has 2 heterocycles. The third kappa shape index (κ3) is 3.15. The molecule has 0 atom stereocenters. The first-order valence-corrected chi connectivity index (χ1v) is 7.67. The Labute approximate surface area is 132 Å². The first-order valence-electron chi connectivity index (χ1n) is 6.86. The lowest BCUT2D eigenvalue weighted by atomic mass is 10.1. The molecule has 0 spiro atoms. The van der Waals surface area contributed by atoms with E-state index in [-0.39, 0.29) is 0 Å². The van der Waals surface area contributed by atoms with Gasteiger partial charge in [0.1, 0.15) is 5.00 Å². The Bertz CT molecular complexity index is 769. The van der Waals surface area contributed by atoms with Gasteiger partial charge < -0.3 is 11.1 Å². The van der Waals surface area contributed by atoms with Crippen molar-refractivity contribution in [2.45, 2.75) is 6.54 Å². The molecule has 0 saturated heterocycles. The molecule has 0 aliphatic rings. The van der Waals surface area contributed by atoms with Gasteiger partial charge in [0.2, 0.25) is 0 Å². The fourth-order valence-electron chi connectivity index (χ4n) is 2.13. The molecule has 1 amide bonds. The number of rotatable bonds is 5. The van der Waals surface area contributed by atoms with Gasteiger partial charge in [-0.1, -0.05) is 30.3 Å². The van der Waals surface area contributed by atoms with Crippen molar-refractivity contribution in [1.82, 2.24) is 4.98 Å². The third-order valence-corrected chi connectivity index (χ3v) is 4.40. The molecule has 3 rings (SSSR count). The van der Waals surface area contributed by atoms with E-state index in [1.54, 1.807) is 12.4 Å². The predicted octanol–water partition coefficient (Wildman–Crippen LogP) is 3.52. The summed E-state index contributed by atoms with van der Waals surface area (Å²) in [5.74, 6) is -0.421. The topological polar surface area (TPSA) is 68.0 Å². The molecule has 4 nitrogen and oxygen atoms in total. The Hall–Kier alpha value is -2.66. The summed E-state index contributed by atoms with van der Waals surface area (Å²) >= 11 is 1.53.